The SMILES string of the molecule is COCCOCOc1cc2c(c(C)c1C)OC(C)(CC/C=C(\C)CO)CC2. The minimum atomic E-state index is -0.178. The van der Waals surface area contributed by atoms with E-state index in [-0.39, 0.29) is 19.0 Å². The van der Waals surface area contributed by atoms with Gasteiger partial charge in [-0.2, -0.15) is 0 Å². The van der Waals surface area contributed by atoms with Crippen LogP contribution in [-0.2, 0) is 15.9 Å². The lowest BCUT2D eigenvalue weighted by Crippen LogP contribution is -2.36. The molecule has 1 aromatic carbocycles. The van der Waals surface area contributed by atoms with Crippen LogP contribution in [0.1, 0.15) is 49.8 Å². The monoisotopic (exact) mass is 378 g/mol. The van der Waals surface area contributed by atoms with E-state index >= 15 is 0 Å². The van der Waals surface area contributed by atoms with Crippen LogP contribution in [0.4, 0.5) is 0 Å². The lowest BCUT2D eigenvalue weighted by atomic mass is 9.87. The van der Waals surface area contributed by atoms with Gasteiger partial charge in [0.05, 0.1) is 19.8 Å². The Bertz CT molecular complexity index is 653. The normalized spacial score (nSPS) is 19.6. The van der Waals surface area contributed by atoms with Gasteiger partial charge in [-0.25, -0.2) is 0 Å². The van der Waals surface area contributed by atoms with Crippen molar-refractivity contribution < 1.29 is 24.1 Å². The number of allylic oxidation sites excluding steroid dienone is 1. The molecule has 2 rings (SSSR count). The summed E-state index contributed by atoms with van der Waals surface area (Å²) in [5.41, 5.74) is 4.25. The molecule has 0 fully saturated rings. The van der Waals surface area contributed by atoms with Crippen LogP contribution in [0.3, 0.4) is 0 Å². The van der Waals surface area contributed by atoms with Crippen molar-refractivity contribution in [3.05, 3.63) is 34.4 Å². The first kappa shape index (κ1) is 21.7. The summed E-state index contributed by atoms with van der Waals surface area (Å²) in [6.07, 6.45) is 5.89. The van der Waals surface area contributed by atoms with Crippen molar-refractivity contribution >= 4 is 0 Å². The van der Waals surface area contributed by atoms with Crippen LogP contribution in [0.15, 0.2) is 17.7 Å². The molecule has 152 valence electrons. The van der Waals surface area contributed by atoms with E-state index in [1.807, 2.05) is 6.92 Å². The van der Waals surface area contributed by atoms with E-state index in [4.69, 9.17) is 24.1 Å². The highest BCUT2D eigenvalue weighted by atomic mass is 16.7. The van der Waals surface area contributed by atoms with Gasteiger partial charge in [0, 0.05) is 7.11 Å². The van der Waals surface area contributed by atoms with E-state index in [0.29, 0.717) is 13.2 Å². The number of ether oxygens (including phenoxy) is 4. The summed E-state index contributed by atoms with van der Waals surface area (Å²) in [7, 11) is 1.65. The highest BCUT2D eigenvalue weighted by Gasteiger charge is 2.32. The summed E-state index contributed by atoms with van der Waals surface area (Å²) >= 11 is 0. The molecule has 0 bridgehead atoms. The van der Waals surface area contributed by atoms with Crippen LogP contribution in [0, 0.1) is 13.8 Å². The molecule has 0 spiro atoms. The fourth-order valence-corrected chi connectivity index (χ4v) is 3.27. The van der Waals surface area contributed by atoms with Gasteiger partial charge >= 0.3 is 0 Å². The zero-order valence-electron chi connectivity index (χ0n) is 17.4. The van der Waals surface area contributed by atoms with Crippen LogP contribution in [0.25, 0.3) is 0 Å². The Labute approximate surface area is 163 Å². The smallest absolute Gasteiger partial charge is 0.189 e. The van der Waals surface area contributed by atoms with Gasteiger partial charge in [0.25, 0.3) is 0 Å². The number of rotatable bonds is 10. The summed E-state index contributed by atoms with van der Waals surface area (Å²) in [4.78, 5) is 0. The second-order valence-electron chi connectivity index (χ2n) is 7.58. The second-order valence-corrected chi connectivity index (χ2v) is 7.58. The molecule has 1 atom stereocenters. The predicted molar refractivity (Wildman–Crippen MR) is 107 cm³/mol. The van der Waals surface area contributed by atoms with Crippen molar-refractivity contribution in [3.8, 4) is 11.5 Å². The number of fused-ring (bicyclic) bond motifs is 1. The van der Waals surface area contributed by atoms with E-state index in [1.165, 1.54) is 5.56 Å². The Kier molecular flexibility index (Phi) is 8.14. The van der Waals surface area contributed by atoms with Gasteiger partial charge in [-0.05, 0) is 76.1 Å². The third kappa shape index (κ3) is 5.96. The molecular weight excluding hydrogens is 344 g/mol. The first-order chi connectivity index (χ1) is 12.9. The van der Waals surface area contributed by atoms with Gasteiger partial charge in [0.15, 0.2) is 6.79 Å². The van der Waals surface area contributed by atoms with E-state index < -0.39 is 0 Å². The predicted octanol–water partition coefficient (Wildman–Crippen LogP) is 4.11. The van der Waals surface area contributed by atoms with Crippen molar-refractivity contribution in [1.29, 1.82) is 0 Å². The lowest BCUT2D eigenvalue weighted by Gasteiger charge is -2.37. The molecule has 1 unspecified atom stereocenters. The fourth-order valence-electron chi connectivity index (χ4n) is 3.27. The number of hydrogen-bond acceptors (Lipinski definition) is 5. The first-order valence-corrected chi connectivity index (χ1v) is 9.68. The summed E-state index contributed by atoms with van der Waals surface area (Å²) in [5.74, 6) is 1.86. The Hall–Kier alpha value is -1.56. The van der Waals surface area contributed by atoms with Crippen molar-refractivity contribution in [3.63, 3.8) is 0 Å². The standard InChI is InChI=1S/C22H34O5/c1-16(14-23)7-6-9-22(4)10-8-19-13-20(26-15-25-12-11-24-5)17(2)18(3)21(19)27-22/h7,13,23H,6,8-12,14-15H2,1-5H3/b16-7+. The molecule has 0 aliphatic carbocycles. The molecule has 0 radical (unpaired) electrons. The highest BCUT2D eigenvalue weighted by Crippen LogP contribution is 2.42. The molecule has 1 aliphatic rings. The van der Waals surface area contributed by atoms with Crippen molar-refractivity contribution in [2.75, 3.05) is 33.7 Å². The average molecular weight is 379 g/mol. The molecule has 1 N–H and O–H groups in total. The molecule has 1 heterocycles. The highest BCUT2D eigenvalue weighted by molar-refractivity contribution is 5.53. The van der Waals surface area contributed by atoms with Crippen LogP contribution >= 0.6 is 0 Å². The van der Waals surface area contributed by atoms with E-state index in [2.05, 4.69) is 32.9 Å². The molecule has 27 heavy (non-hydrogen) atoms. The third-order valence-corrected chi connectivity index (χ3v) is 5.29. The van der Waals surface area contributed by atoms with Gasteiger partial charge in [0.2, 0.25) is 0 Å². The van der Waals surface area contributed by atoms with E-state index in [9.17, 15) is 0 Å². The zero-order valence-corrected chi connectivity index (χ0v) is 17.4. The number of benzene rings is 1. The number of aliphatic hydroxyl groups excluding tert-OH is 1. The fraction of sp³-hybridized carbons (Fsp3) is 0.636. The summed E-state index contributed by atoms with van der Waals surface area (Å²) in [6, 6.07) is 2.09. The number of methoxy groups -OCH3 is 1. The maximum atomic E-state index is 9.14. The number of hydrogen-bond donors (Lipinski definition) is 1. The Morgan fingerprint density at radius 2 is 2.07 bits per heavy atom. The van der Waals surface area contributed by atoms with Crippen LogP contribution in [0.5, 0.6) is 11.5 Å². The maximum absolute atomic E-state index is 9.14. The topological polar surface area (TPSA) is 57.2 Å². The Morgan fingerprint density at radius 3 is 2.78 bits per heavy atom. The molecule has 0 aromatic heterocycles. The zero-order chi connectivity index (χ0) is 19.9. The van der Waals surface area contributed by atoms with Gasteiger partial charge in [-0.15, -0.1) is 0 Å². The molecule has 0 amide bonds. The third-order valence-electron chi connectivity index (χ3n) is 5.29. The maximum Gasteiger partial charge on any atom is 0.189 e. The van der Waals surface area contributed by atoms with Gasteiger partial charge in [-0.1, -0.05) is 11.6 Å². The van der Waals surface area contributed by atoms with Crippen LogP contribution < -0.4 is 9.47 Å². The molecule has 0 saturated carbocycles. The van der Waals surface area contributed by atoms with E-state index in [0.717, 1.165) is 53.9 Å². The minimum absolute atomic E-state index is 0.122. The van der Waals surface area contributed by atoms with Crippen LogP contribution in [0.2, 0.25) is 0 Å². The largest absolute Gasteiger partial charge is 0.487 e. The molecule has 5 nitrogen and oxygen atoms in total. The Balaban J connectivity index is 2.05. The Morgan fingerprint density at radius 1 is 1.30 bits per heavy atom. The minimum Gasteiger partial charge on any atom is -0.487 e. The number of aliphatic hydroxyl groups is 1. The van der Waals surface area contributed by atoms with Crippen molar-refractivity contribution in [2.24, 2.45) is 0 Å². The molecule has 5 heteroatoms. The molecule has 1 aliphatic heterocycles. The van der Waals surface area contributed by atoms with Crippen LogP contribution in [-0.4, -0.2) is 44.4 Å². The number of aryl methyl sites for hydroxylation is 1. The average Bonchev–Trinajstić information content (AvgIpc) is 2.66. The van der Waals surface area contributed by atoms with Gasteiger partial charge in [-0.3, -0.25) is 0 Å². The molecule has 0 saturated heterocycles. The van der Waals surface area contributed by atoms with Gasteiger partial charge in [0.1, 0.15) is 17.1 Å². The summed E-state index contributed by atoms with van der Waals surface area (Å²) in [5, 5.41) is 9.14. The van der Waals surface area contributed by atoms with Crippen molar-refractivity contribution in [2.45, 2.75) is 59.0 Å². The lowest BCUT2D eigenvalue weighted by molar-refractivity contribution is -0.00904. The van der Waals surface area contributed by atoms with Crippen molar-refractivity contribution in [1.82, 2.24) is 0 Å². The first-order valence-electron chi connectivity index (χ1n) is 9.68. The summed E-state index contributed by atoms with van der Waals surface area (Å²) < 4.78 is 22.7. The quantitative estimate of drug-likeness (QED) is 0.377. The summed E-state index contributed by atoms with van der Waals surface area (Å²) in [6.45, 7) is 9.70. The van der Waals surface area contributed by atoms with Gasteiger partial charge < -0.3 is 24.1 Å². The molecule has 1 aromatic rings. The van der Waals surface area contributed by atoms with E-state index in [1.54, 1.807) is 7.11 Å². The molecular formula is C22H34O5. The second kappa shape index (κ2) is 10.1.